The Morgan fingerprint density at radius 3 is 1.90 bits per heavy atom. The van der Waals surface area contributed by atoms with E-state index in [1.54, 1.807) is 6.07 Å². The molecule has 0 atom stereocenters. The molecule has 0 radical (unpaired) electrons. The first kappa shape index (κ1) is 30.2. The average molecular weight is 543 g/mol. The zero-order valence-electron chi connectivity index (χ0n) is 24.2. The first-order valence-electron chi connectivity index (χ1n) is 15.8. The zero-order chi connectivity index (χ0) is 27.7. The van der Waals surface area contributed by atoms with Crippen molar-refractivity contribution in [3.8, 4) is 0 Å². The molecule has 0 aliphatic heterocycles. The van der Waals surface area contributed by atoms with Crippen LogP contribution in [0.4, 0.5) is 13.2 Å². The molecule has 39 heavy (non-hydrogen) atoms. The van der Waals surface area contributed by atoms with E-state index in [4.69, 9.17) is 4.74 Å². The molecule has 2 aromatic rings. The number of rotatable bonds is 13. The standard InChI is InChI=1S/C35H49F3O/c1-3-5-6-8-27-11-15-29(16-12-27)30-17-13-28(14-18-30)23-24-39-35(37,38)33-22-21-32(25-34(33)36)31-19-9-26(7-4-2)10-20-31/h13-14,17-18,21-22,25-27,29,31H,3-12,15-16,19-20,23-24H2,1-2H3/t26-,27-,29-,31-. The fraction of sp³-hybridized carbons (Fsp3) is 0.657. The van der Waals surface area contributed by atoms with Crippen LogP contribution in [0.15, 0.2) is 42.5 Å². The van der Waals surface area contributed by atoms with Gasteiger partial charge < -0.3 is 4.74 Å². The molecule has 2 aliphatic carbocycles. The van der Waals surface area contributed by atoms with Crippen molar-refractivity contribution in [3.63, 3.8) is 0 Å². The lowest BCUT2D eigenvalue weighted by atomic mass is 9.77. The predicted molar refractivity (Wildman–Crippen MR) is 155 cm³/mol. The quantitative estimate of drug-likeness (QED) is 0.229. The molecule has 2 aromatic carbocycles. The highest BCUT2D eigenvalue weighted by Crippen LogP contribution is 2.40. The molecule has 0 saturated heterocycles. The molecule has 4 rings (SSSR count). The summed E-state index contributed by atoms with van der Waals surface area (Å²) in [6, 6.07) is 12.6. The molecule has 2 saturated carbocycles. The number of unbranched alkanes of at least 4 members (excludes halogenated alkanes) is 2. The van der Waals surface area contributed by atoms with Crippen LogP contribution < -0.4 is 0 Å². The van der Waals surface area contributed by atoms with Gasteiger partial charge in [0.15, 0.2) is 0 Å². The number of benzene rings is 2. The molecule has 0 heterocycles. The Balaban J connectivity index is 1.23. The highest BCUT2D eigenvalue weighted by molar-refractivity contribution is 5.29. The summed E-state index contributed by atoms with van der Waals surface area (Å²) in [6.07, 6.45) is 14.0. The van der Waals surface area contributed by atoms with Crippen LogP contribution in [-0.4, -0.2) is 6.61 Å². The minimum atomic E-state index is -3.64. The molecule has 0 amide bonds. The average Bonchev–Trinajstić information content (AvgIpc) is 2.94. The van der Waals surface area contributed by atoms with Crippen molar-refractivity contribution in [2.75, 3.05) is 6.61 Å². The van der Waals surface area contributed by atoms with Crippen molar-refractivity contribution in [2.45, 2.75) is 128 Å². The highest BCUT2D eigenvalue weighted by Gasteiger charge is 2.36. The van der Waals surface area contributed by atoms with Crippen LogP contribution in [0.2, 0.25) is 0 Å². The topological polar surface area (TPSA) is 9.23 Å². The fourth-order valence-electron chi connectivity index (χ4n) is 7.01. The van der Waals surface area contributed by atoms with E-state index in [1.165, 1.54) is 81.9 Å². The maximum absolute atomic E-state index is 14.8. The van der Waals surface area contributed by atoms with Crippen LogP contribution in [0, 0.1) is 17.7 Å². The molecule has 1 nitrogen and oxygen atoms in total. The first-order chi connectivity index (χ1) is 18.9. The van der Waals surface area contributed by atoms with Gasteiger partial charge in [0.25, 0.3) is 0 Å². The van der Waals surface area contributed by atoms with Gasteiger partial charge in [0.1, 0.15) is 5.82 Å². The third-order valence-electron chi connectivity index (χ3n) is 9.51. The third-order valence-corrected chi connectivity index (χ3v) is 9.51. The van der Waals surface area contributed by atoms with Crippen LogP contribution in [0.3, 0.4) is 0 Å². The maximum atomic E-state index is 14.8. The fourth-order valence-corrected chi connectivity index (χ4v) is 7.01. The van der Waals surface area contributed by atoms with E-state index in [-0.39, 0.29) is 12.5 Å². The summed E-state index contributed by atoms with van der Waals surface area (Å²) in [5.41, 5.74) is 2.51. The SMILES string of the molecule is CCCCC[C@H]1CC[C@H](c2ccc(CCOC(F)(F)c3ccc([C@H]4CC[C@H](CCC)CC4)cc3F)cc2)CC1. The molecule has 0 bridgehead atoms. The third kappa shape index (κ3) is 8.59. The Hall–Kier alpha value is -1.81. The minimum absolute atomic E-state index is 0.155. The molecule has 0 N–H and O–H groups in total. The lowest BCUT2D eigenvalue weighted by Gasteiger charge is -2.29. The van der Waals surface area contributed by atoms with Gasteiger partial charge in [0, 0.05) is 0 Å². The van der Waals surface area contributed by atoms with E-state index in [9.17, 15) is 13.2 Å². The lowest BCUT2D eigenvalue weighted by Crippen LogP contribution is -2.22. The molecule has 2 fully saturated rings. The van der Waals surface area contributed by atoms with Crippen LogP contribution >= 0.6 is 0 Å². The van der Waals surface area contributed by atoms with Crippen molar-refractivity contribution in [1.29, 1.82) is 0 Å². The largest absolute Gasteiger partial charge is 0.386 e. The molecule has 216 valence electrons. The van der Waals surface area contributed by atoms with E-state index in [1.807, 2.05) is 12.1 Å². The van der Waals surface area contributed by atoms with Gasteiger partial charge in [-0.1, -0.05) is 82.7 Å². The summed E-state index contributed by atoms with van der Waals surface area (Å²) in [5, 5.41) is 0. The summed E-state index contributed by atoms with van der Waals surface area (Å²) in [5.74, 6) is 1.65. The molecule has 4 heteroatoms. The lowest BCUT2D eigenvalue weighted by molar-refractivity contribution is -0.249. The van der Waals surface area contributed by atoms with Crippen LogP contribution in [0.25, 0.3) is 0 Å². The minimum Gasteiger partial charge on any atom is -0.316 e. The van der Waals surface area contributed by atoms with Gasteiger partial charge in [0.05, 0.1) is 12.2 Å². The summed E-state index contributed by atoms with van der Waals surface area (Å²) >= 11 is 0. The van der Waals surface area contributed by atoms with Gasteiger partial charge in [-0.2, -0.15) is 8.78 Å². The first-order valence-corrected chi connectivity index (χ1v) is 15.8. The van der Waals surface area contributed by atoms with Gasteiger partial charge in [0.2, 0.25) is 0 Å². The molecule has 0 unspecified atom stereocenters. The van der Waals surface area contributed by atoms with Crippen LogP contribution in [0.5, 0.6) is 0 Å². The number of ether oxygens (including phenoxy) is 1. The molecule has 0 spiro atoms. The van der Waals surface area contributed by atoms with Gasteiger partial charge in [-0.25, -0.2) is 4.39 Å². The summed E-state index contributed by atoms with van der Waals surface area (Å²) in [7, 11) is 0. The molecule has 0 aromatic heterocycles. The number of hydrogen-bond acceptors (Lipinski definition) is 1. The number of halogens is 3. The van der Waals surface area contributed by atoms with Crippen molar-refractivity contribution in [2.24, 2.45) is 11.8 Å². The van der Waals surface area contributed by atoms with Gasteiger partial charge in [-0.05, 0) is 110 Å². The predicted octanol–water partition coefficient (Wildman–Crippen LogP) is 11.1. The van der Waals surface area contributed by atoms with Crippen LogP contribution in [0.1, 0.15) is 138 Å². The normalized spacial score (nSPS) is 24.1. The van der Waals surface area contributed by atoms with E-state index in [0.717, 1.165) is 48.6 Å². The van der Waals surface area contributed by atoms with Crippen molar-refractivity contribution < 1.29 is 17.9 Å². The van der Waals surface area contributed by atoms with Crippen molar-refractivity contribution in [3.05, 3.63) is 70.5 Å². The van der Waals surface area contributed by atoms with E-state index >= 15 is 0 Å². The van der Waals surface area contributed by atoms with Gasteiger partial charge in [-0.15, -0.1) is 0 Å². The molecule has 2 aliphatic rings. The Labute approximate surface area is 234 Å². The Morgan fingerprint density at radius 2 is 1.31 bits per heavy atom. The second kappa shape index (κ2) is 14.7. The number of alkyl halides is 2. The second-order valence-corrected chi connectivity index (χ2v) is 12.3. The number of hydrogen-bond donors (Lipinski definition) is 0. The maximum Gasteiger partial charge on any atom is 0.386 e. The van der Waals surface area contributed by atoms with E-state index in [0.29, 0.717) is 12.3 Å². The Morgan fingerprint density at radius 1 is 0.718 bits per heavy atom. The van der Waals surface area contributed by atoms with E-state index in [2.05, 4.69) is 26.0 Å². The summed E-state index contributed by atoms with van der Waals surface area (Å²) < 4.78 is 49.4. The summed E-state index contributed by atoms with van der Waals surface area (Å²) in [4.78, 5) is 0. The Kier molecular flexibility index (Phi) is 11.4. The van der Waals surface area contributed by atoms with Crippen LogP contribution in [-0.2, 0) is 17.3 Å². The molecular formula is C35H49F3O. The summed E-state index contributed by atoms with van der Waals surface area (Å²) in [6.45, 7) is 4.31. The molecular weight excluding hydrogens is 493 g/mol. The Bertz CT molecular complexity index is 985. The zero-order valence-corrected chi connectivity index (χ0v) is 24.2. The second-order valence-electron chi connectivity index (χ2n) is 12.3. The van der Waals surface area contributed by atoms with Gasteiger partial charge in [-0.3, -0.25) is 0 Å². The van der Waals surface area contributed by atoms with Crippen molar-refractivity contribution in [1.82, 2.24) is 0 Å². The monoisotopic (exact) mass is 542 g/mol. The van der Waals surface area contributed by atoms with Crippen molar-refractivity contribution >= 4 is 0 Å². The smallest absolute Gasteiger partial charge is 0.316 e. The van der Waals surface area contributed by atoms with E-state index < -0.39 is 17.5 Å². The van der Waals surface area contributed by atoms with Gasteiger partial charge >= 0.3 is 6.11 Å². The highest BCUT2D eigenvalue weighted by atomic mass is 19.3.